The molecule has 1 aliphatic carbocycles. The largest absolute Gasteiger partial charge is 0.380 e. The summed E-state index contributed by atoms with van der Waals surface area (Å²) in [6, 6.07) is 0.0223. The highest BCUT2D eigenvalue weighted by Crippen LogP contribution is 2.27. The van der Waals surface area contributed by atoms with Crippen LogP contribution in [0, 0.1) is 11.8 Å². The molecule has 4 atom stereocenters. The zero-order valence-electron chi connectivity index (χ0n) is 10.5. The number of nitrogens with one attached hydrogen (secondary N) is 1. The third-order valence-corrected chi connectivity index (χ3v) is 3.47. The maximum Gasteiger partial charge on any atom is 0.224 e. The molecule has 0 spiro atoms. The van der Waals surface area contributed by atoms with Gasteiger partial charge in [-0.1, -0.05) is 6.92 Å². The number of rotatable bonds is 4. The molecule has 1 rings (SSSR count). The number of ether oxygens (including phenoxy) is 1. The van der Waals surface area contributed by atoms with Crippen LogP contribution in [0.2, 0.25) is 0 Å². The topological polar surface area (TPSA) is 64.3 Å². The summed E-state index contributed by atoms with van der Waals surface area (Å²) in [7, 11) is 1.64. The van der Waals surface area contributed by atoms with E-state index in [1.165, 1.54) is 0 Å². The van der Waals surface area contributed by atoms with Crippen molar-refractivity contribution in [1.29, 1.82) is 0 Å². The Balaban J connectivity index is 2.39. The van der Waals surface area contributed by atoms with Crippen LogP contribution in [0.1, 0.15) is 33.1 Å². The summed E-state index contributed by atoms with van der Waals surface area (Å²) < 4.78 is 5.09. The molecule has 0 bridgehead atoms. The van der Waals surface area contributed by atoms with Gasteiger partial charge in [-0.15, -0.1) is 0 Å². The molecule has 3 N–H and O–H groups in total. The maximum absolute atomic E-state index is 11.9. The molecule has 1 aliphatic rings. The lowest BCUT2D eigenvalue weighted by Gasteiger charge is -2.31. The van der Waals surface area contributed by atoms with Gasteiger partial charge in [0.25, 0.3) is 0 Å². The second-order valence-corrected chi connectivity index (χ2v) is 4.98. The Kier molecular flexibility index (Phi) is 5.22. The lowest BCUT2D eigenvalue weighted by molar-refractivity contribution is -0.127. The molecule has 4 heteroatoms. The van der Waals surface area contributed by atoms with Crippen molar-refractivity contribution in [3.05, 3.63) is 0 Å². The van der Waals surface area contributed by atoms with Gasteiger partial charge in [0.05, 0.1) is 12.0 Å². The van der Waals surface area contributed by atoms with Crippen LogP contribution in [0.25, 0.3) is 0 Å². The molecule has 94 valence electrons. The highest BCUT2D eigenvalue weighted by atomic mass is 16.5. The van der Waals surface area contributed by atoms with Crippen molar-refractivity contribution in [2.45, 2.75) is 45.3 Å². The molecule has 0 aromatic rings. The van der Waals surface area contributed by atoms with Gasteiger partial charge >= 0.3 is 0 Å². The monoisotopic (exact) mass is 228 g/mol. The van der Waals surface area contributed by atoms with E-state index in [9.17, 15) is 4.79 Å². The average Bonchev–Trinajstić information content (AvgIpc) is 2.28. The van der Waals surface area contributed by atoms with E-state index in [2.05, 4.69) is 12.2 Å². The van der Waals surface area contributed by atoms with E-state index < -0.39 is 0 Å². The normalized spacial score (nSPS) is 32.1. The summed E-state index contributed by atoms with van der Waals surface area (Å²) in [5, 5.41) is 2.91. The first-order valence-corrected chi connectivity index (χ1v) is 6.10. The summed E-state index contributed by atoms with van der Waals surface area (Å²) in [4.78, 5) is 11.9. The number of carbonyl (C=O) groups is 1. The fourth-order valence-electron chi connectivity index (χ4n) is 2.16. The van der Waals surface area contributed by atoms with E-state index in [-0.39, 0.29) is 24.0 Å². The van der Waals surface area contributed by atoms with E-state index in [0.29, 0.717) is 12.5 Å². The Morgan fingerprint density at radius 1 is 1.56 bits per heavy atom. The lowest BCUT2D eigenvalue weighted by Crippen LogP contribution is -2.46. The summed E-state index contributed by atoms with van der Waals surface area (Å²) >= 11 is 0. The zero-order valence-corrected chi connectivity index (χ0v) is 10.5. The molecule has 1 amide bonds. The summed E-state index contributed by atoms with van der Waals surface area (Å²) in [6.07, 6.45) is 3.06. The van der Waals surface area contributed by atoms with E-state index in [0.717, 1.165) is 19.3 Å². The minimum atomic E-state index is -0.0205. The van der Waals surface area contributed by atoms with Gasteiger partial charge in [0.15, 0.2) is 0 Å². The first-order chi connectivity index (χ1) is 7.54. The second-order valence-electron chi connectivity index (χ2n) is 4.98. The van der Waals surface area contributed by atoms with Gasteiger partial charge < -0.3 is 15.8 Å². The van der Waals surface area contributed by atoms with Crippen molar-refractivity contribution in [3.8, 4) is 0 Å². The van der Waals surface area contributed by atoms with Crippen LogP contribution in [-0.2, 0) is 9.53 Å². The van der Waals surface area contributed by atoms with Crippen LogP contribution in [0.5, 0.6) is 0 Å². The molecule has 0 radical (unpaired) electrons. The number of methoxy groups -OCH3 is 1. The van der Waals surface area contributed by atoms with Gasteiger partial charge in [0.1, 0.15) is 0 Å². The molecular formula is C12H24N2O2. The highest BCUT2D eigenvalue weighted by molar-refractivity contribution is 5.79. The van der Waals surface area contributed by atoms with Gasteiger partial charge in [-0.05, 0) is 32.1 Å². The van der Waals surface area contributed by atoms with E-state index in [4.69, 9.17) is 10.5 Å². The Hall–Kier alpha value is -0.610. The summed E-state index contributed by atoms with van der Waals surface area (Å²) in [5.74, 6) is 0.672. The molecule has 4 nitrogen and oxygen atoms in total. The van der Waals surface area contributed by atoms with Crippen molar-refractivity contribution < 1.29 is 9.53 Å². The van der Waals surface area contributed by atoms with Gasteiger partial charge in [0.2, 0.25) is 5.91 Å². The number of hydrogen-bond donors (Lipinski definition) is 2. The molecule has 16 heavy (non-hydrogen) atoms. The molecule has 0 saturated heterocycles. The fraction of sp³-hybridized carbons (Fsp3) is 0.917. The Bertz CT molecular complexity index is 233. The van der Waals surface area contributed by atoms with Crippen molar-refractivity contribution >= 4 is 5.91 Å². The molecule has 0 aromatic heterocycles. The van der Waals surface area contributed by atoms with Crippen LogP contribution >= 0.6 is 0 Å². The van der Waals surface area contributed by atoms with E-state index in [1.807, 2.05) is 6.92 Å². The predicted molar refractivity (Wildman–Crippen MR) is 64.0 cm³/mol. The number of carbonyl (C=O) groups excluding carboxylic acids is 1. The fourth-order valence-corrected chi connectivity index (χ4v) is 2.16. The highest BCUT2D eigenvalue weighted by Gasteiger charge is 2.31. The van der Waals surface area contributed by atoms with Crippen LogP contribution < -0.4 is 11.1 Å². The minimum Gasteiger partial charge on any atom is -0.380 e. The number of amides is 1. The van der Waals surface area contributed by atoms with Crippen molar-refractivity contribution in [3.63, 3.8) is 0 Å². The molecule has 0 heterocycles. The van der Waals surface area contributed by atoms with Crippen LogP contribution in [-0.4, -0.2) is 31.7 Å². The smallest absolute Gasteiger partial charge is 0.224 e. The Morgan fingerprint density at radius 3 is 2.88 bits per heavy atom. The second kappa shape index (κ2) is 6.21. The first kappa shape index (κ1) is 13.5. The maximum atomic E-state index is 11.9. The molecule has 0 aliphatic heterocycles. The molecule has 4 unspecified atom stereocenters. The molecule has 1 saturated carbocycles. The van der Waals surface area contributed by atoms with Gasteiger partial charge in [-0.3, -0.25) is 4.79 Å². The van der Waals surface area contributed by atoms with Crippen LogP contribution in [0.4, 0.5) is 0 Å². The molecule has 0 aromatic carbocycles. The Morgan fingerprint density at radius 2 is 2.25 bits per heavy atom. The summed E-state index contributed by atoms with van der Waals surface area (Å²) in [6.45, 7) is 4.68. The first-order valence-electron chi connectivity index (χ1n) is 6.10. The van der Waals surface area contributed by atoms with Crippen molar-refractivity contribution in [2.75, 3.05) is 13.7 Å². The third kappa shape index (κ3) is 3.76. The van der Waals surface area contributed by atoms with Gasteiger partial charge in [-0.2, -0.15) is 0 Å². The van der Waals surface area contributed by atoms with Crippen molar-refractivity contribution in [1.82, 2.24) is 5.32 Å². The average molecular weight is 228 g/mol. The Labute approximate surface area is 97.9 Å². The third-order valence-electron chi connectivity index (χ3n) is 3.47. The van der Waals surface area contributed by atoms with E-state index in [1.54, 1.807) is 7.11 Å². The zero-order chi connectivity index (χ0) is 12.1. The lowest BCUT2D eigenvalue weighted by atomic mass is 9.79. The van der Waals surface area contributed by atoms with Gasteiger partial charge in [-0.25, -0.2) is 0 Å². The number of hydrogen-bond acceptors (Lipinski definition) is 3. The SMILES string of the molecule is COC(C)CNC(=O)C1CC(C)CCC1N. The molecular weight excluding hydrogens is 204 g/mol. The van der Waals surface area contributed by atoms with Crippen LogP contribution in [0.3, 0.4) is 0 Å². The molecule has 1 fully saturated rings. The summed E-state index contributed by atoms with van der Waals surface area (Å²) in [5.41, 5.74) is 5.99. The van der Waals surface area contributed by atoms with Gasteiger partial charge in [0, 0.05) is 19.7 Å². The van der Waals surface area contributed by atoms with Crippen molar-refractivity contribution in [2.24, 2.45) is 17.6 Å². The van der Waals surface area contributed by atoms with Crippen LogP contribution in [0.15, 0.2) is 0 Å². The predicted octanol–water partition coefficient (Wildman–Crippen LogP) is 0.901. The quantitative estimate of drug-likeness (QED) is 0.751. The standard InChI is InChI=1S/C12H24N2O2/c1-8-4-5-11(13)10(6-8)12(15)14-7-9(2)16-3/h8-11H,4-7,13H2,1-3H3,(H,14,15). The van der Waals surface area contributed by atoms with E-state index >= 15 is 0 Å². The number of nitrogens with two attached hydrogens (primary N) is 1. The minimum absolute atomic E-state index is 0.0205.